The minimum Gasteiger partial charge on any atom is -0.481 e. The first kappa shape index (κ1) is 28.7. The number of hydrogen-bond donors (Lipinski definition) is 3. The summed E-state index contributed by atoms with van der Waals surface area (Å²) >= 11 is 1.56. The summed E-state index contributed by atoms with van der Waals surface area (Å²) in [5, 5.41) is 29.8. The fraction of sp³-hybridized carbons (Fsp3) is 0.760. The number of carboxylic acids is 1. The molecule has 0 heterocycles. The van der Waals surface area contributed by atoms with E-state index in [1.165, 1.54) is 0 Å². The number of rotatable bonds is 16. The third-order valence-corrected chi connectivity index (χ3v) is 6.91. The number of carbonyl (C=O) groups excluding carboxylic acids is 1. The van der Waals surface area contributed by atoms with Crippen molar-refractivity contribution in [3.8, 4) is 0 Å². The maximum absolute atomic E-state index is 12.1. The first-order chi connectivity index (χ1) is 15.1. The van der Waals surface area contributed by atoms with Crippen molar-refractivity contribution >= 4 is 23.7 Å². The topological polar surface area (TPSA) is 104 Å². The van der Waals surface area contributed by atoms with Gasteiger partial charge >= 0.3 is 11.9 Å². The quantitative estimate of drug-likeness (QED) is 0.160. The van der Waals surface area contributed by atoms with E-state index in [1.807, 2.05) is 6.08 Å². The molecule has 7 heteroatoms. The van der Waals surface area contributed by atoms with Gasteiger partial charge in [-0.15, -0.1) is 11.8 Å². The predicted molar refractivity (Wildman–Crippen MR) is 129 cm³/mol. The lowest BCUT2D eigenvalue weighted by Crippen LogP contribution is -2.15. The number of esters is 1. The molecular weight excluding hydrogens is 428 g/mol. The molecule has 0 bridgehead atoms. The summed E-state index contributed by atoms with van der Waals surface area (Å²) in [7, 11) is 0. The molecule has 1 aliphatic rings. The largest absolute Gasteiger partial charge is 0.481 e. The van der Waals surface area contributed by atoms with E-state index < -0.39 is 18.2 Å². The summed E-state index contributed by atoms with van der Waals surface area (Å²) in [6.07, 6.45) is 9.15. The highest BCUT2D eigenvalue weighted by molar-refractivity contribution is 8.03. The van der Waals surface area contributed by atoms with Gasteiger partial charge in [0.05, 0.1) is 18.1 Å². The second-order valence-electron chi connectivity index (χ2n) is 9.15. The molecule has 0 amide bonds. The highest BCUT2D eigenvalue weighted by atomic mass is 32.2. The van der Waals surface area contributed by atoms with E-state index in [2.05, 4.69) is 13.8 Å². The van der Waals surface area contributed by atoms with Gasteiger partial charge in [-0.1, -0.05) is 65.5 Å². The Morgan fingerprint density at radius 2 is 1.91 bits per heavy atom. The minimum atomic E-state index is -0.782. The van der Waals surface area contributed by atoms with Crippen molar-refractivity contribution in [2.24, 2.45) is 17.8 Å². The molecule has 0 aromatic carbocycles. The molecular formula is C25H42O6S. The number of carboxylic acid groups (broad SMARTS) is 1. The van der Waals surface area contributed by atoms with Crippen LogP contribution >= 0.6 is 11.8 Å². The van der Waals surface area contributed by atoms with Gasteiger partial charge in [0.1, 0.15) is 5.76 Å². The highest BCUT2D eigenvalue weighted by Crippen LogP contribution is 2.41. The highest BCUT2D eigenvalue weighted by Gasteiger charge is 2.35. The van der Waals surface area contributed by atoms with Crippen molar-refractivity contribution in [1.29, 1.82) is 0 Å². The van der Waals surface area contributed by atoms with Gasteiger partial charge < -0.3 is 20.1 Å². The van der Waals surface area contributed by atoms with Crippen LogP contribution in [0.5, 0.6) is 0 Å². The van der Waals surface area contributed by atoms with Crippen LogP contribution in [0.15, 0.2) is 22.8 Å². The van der Waals surface area contributed by atoms with Gasteiger partial charge in [0.25, 0.3) is 0 Å². The van der Waals surface area contributed by atoms with Crippen LogP contribution in [0.25, 0.3) is 0 Å². The molecule has 3 N–H and O–H groups in total. The van der Waals surface area contributed by atoms with Crippen LogP contribution in [-0.2, 0) is 14.3 Å². The van der Waals surface area contributed by atoms with E-state index in [1.54, 1.807) is 31.7 Å². The lowest BCUT2D eigenvalue weighted by Gasteiger charge is -2.17. The van der Waals surface area contributed by atoms with Crippen molar-refractivity contribution in [3.05, 3.63) is 22.8 Å². The first-order valence-corrected chi connectivity index (χ1v) is 13.0. The number of aliphatic hydroxyl groups is 2. The van der Waals surface area contributed by atoms with Crippen molar-refractivity contribution in [1.82, 2.24) is 0 Å². The van der Waals surface area contributed by atoms with Gasteiger partial charge in [0.2, 0.25) is 0 Å². The molecule has 6 nitrogen and oxygen atoms in total. The van der Waals surface area contributed by atoms with E-state index in [9.17, 15) is 19.8 Å². The molecule has 0 aromatic heterocycles. The monoisotopic (exact) mass is 470 g/mol. The fourth-order valence-corrected chi connectivity index (χ4v) is 4.93. The van der Waals surface area contributed by atoms with Gasteiger partial charge in [0, 0.05) is 23.7 Å². The fourth-order valence-electron chi connectivity index (χ4n) is 3.65. The molecule has 0 saturated carbocycles. The summed E-state index contributed by atoms with van der Waals surface area (Å²) in [4.78, 5) is 23.6. The van der Waals surface area contributed by atoms with Gasteiger partial charge in [-0.2, -0.15) is 0 Å². The summed E-state index contributed by atoms with van der Waals surface area (Å²) in [5.74, 6) is 0.0346. The number of carbonyl (C=O) groups is 2. The zero-order chi connectivity index (χ0) is 24.1. The van der Waals surface area contributed by atoms with Crippen molar-refractivity contribution in [2.75, 3.05) is 5.75 Å². The van der Waals surface area contributed by atoms with E-state index >= 15 is 0 Å². The van der Waals surface area contributed by atoms with Gasteiger partial charge in [-0.05, 0) is 30.9 Å². The van der Waals surface area contributed by atoms with E-state index in [0.29, 0.717) is 24.5 Å². The molecule has 0 radical (unpaired) electrons. The maximum Gasteiger partial charge on any atom is 0.313 e. The second-order valence-corrected chi connectivity index (χ2v) is 10.3. The minimum absolute atomic E-state index is 0.170. The molecule has 0 spiro atoms. The predicted octanol–water partition coefficient (Wildman–Crippen LogP) is 5.29. The Balaban J connectivity index is 2.79. The first-order valence-electron chi connectivity index (χ1n) is 12.0. The summed E-state index contributed by atoms with van der Waals surface area (Å²) in [5.41, 5.74) is 0. The number of ether oxygens (including phenoxy) is 1. The molecule has 0 unspecified atom stereocenters. The van der Waals surface area contributed by atoms with Crippen molar-refractivity contribution in [3.63, 3.8) is 0 Å². The van der Waals surface area contributed by atoms with Crippen LogP contribution in [0, 0.1) is 17.8 Å². The van der Waals surface area contributed by atoms with Crippen LogP contribution in [0.4, 0.5) is 0 Å². The lowest BCUT2D eigenvalue weighted by molar-refractivity contribution is -0.143. The SMILES string of the molecule is CCCC[C@@H](C)C[C@H](O)/C=C/[C@@H]1C(SCCCCCC(=O)O)=C(OC(=O)C(C)C)C[C@H]1O. The van der Waals surface area contributed by atoms with Crippen LogP contribution in [0.2, 0.25) is 0 Å². The third kappa shape index (κ3) is 11.0. The van der Waals surface area contributed by atoms with Crippen LogP contribution < -0.4 is 0 Å². The Morgan fingerprint density at radius 3 is 2.53 bits per heavy atom. The molecule has 0 fully saturated rings. The number of aliphatic carboxylic acids is 1. The van der Waals surface area contributed by atoms with E-state index in [0.717, 1.165) is 42.8 Å². The van der Waals surface area contributed by atoms with Gasteiger partial charge in [-0.25, -0.2) is 0 Å². The smallest absolute Gasteiger partial charge is 0.313 e. The number of hydrogen-bond acceptors (Lipinski definition) is 6. The average Bonchev–Trinajstić information content (AvgIpc) is 3.01. The zero-order valence-electron chi connectivity index (χ0n) is 20.1. The number of unbranched alkanes of at least 4 members (excludes halogenated alkanes) is 3. The van der Waals surface area contributed by atoms with Crippen LogP contribution in [-0.4, -0.2) is 45.2 Å². The Bertz CT molecular complexity index is 642. The summed E-state index contributed by atoms with van der Waals surface area (Å²) < 4.78 is 5.60. The maximum atomic E-state index is 12.1. The number of thioether (sulfide) groups is 1. The second kappa shape index (κ2) is 15.5. The molecule has 0 aliphatic heterocycles. The van der Waals surface area contributed by atoms with Gasteiger partial charge in [0.15, 0.2) is 0 Å². The normalized spacial score (nSPS) is 20.8. The van der Waals surface area contributed by atoms with Gasteiger partial charge in [-0.3, -0.25) is 9.59 Å². The van der Waals surface area contributed by atoms with Crippen molar-refractivity contribution in [2.45, 2.75) is 97.7 Å². The summed E-state index contributed by atoms with van der Waals surface area (Å²) in [6.45, 7) is 7.85. The Kier molecular flexibility index (Phi) is 13.9. The Labute approximate surface area is 197 Å². The van der Waals surface area contributed by atoms with Crippen molar-refractivity contribution < 1.29 is 29.6 Å². The Hall–Kier alpha value is -1.31. The molecule has 4 atom stereocenters. The molecule has 1 aliphatic carbocycles. The molecule has 32 heavy (non-hydrogen) atoms. The van der Waals surface area contributed by atoms with Crippen LogP contribution in [0.1, 0.15) is 85.5 Å². The molecule has 184 valence electrons. The standard InChI is InChI=1S/C25H42O6S/c1-5-6-10-18(4)15-19(26)12-13-20-21(27)16-22(31-25(30)17(2)3)24(20)32-14-9-7-8-11-23(28)29/h12-13,17-21,26-27H,5-11,14-16H2,1-4H3,(H,28,29)/b13-12+/t18-,19-,20+,21-/m1/s1. The van der Waals surface area contributed by atoms with Crippen LogP contribution in [0.3, 0.4) is 0 Å². The van der Waals surface area contributed by atoms with E-state index in [4.69, 9.17) is 9.84 Å². The Morgan fingerprint density at radius 1 is 1.19 bits per heavy atom. The third-order valence-electron chi connectivity index (χ3n) is 5.61. The zero-order valence-corrected chi connectivity index (χ0v) is 20.9. The molecule has 0 saturated heterocycles. The molecule has 1 rings (SSSR count). The molecule has 0 aromatic rings. The lowest BCUT2D eigenvalue weighted by atomic mass is 9.96. The van der Waals surface area contributed by atoms with E-state index in [-0.39, 0.29) is 30.6 Å². The average molecular weight is 471 g/mol. The number of aliphatic hydroxyl groups excluding tert-OH is 2. The summed E-state index contributed by atoms with van der Waals surface area (Å²) in [6, 6.07) is 0.